The van der Waals surface area contributed by atoms with Crippen LogP contribution in [0.3, 0.4) is 0 Å². The molecule has 25 heavy (non-hydrogen) atoms. The number of nitrogens with zero attached hydrogens (tertiary/aromatic N) is 1. The van der Waals surface area contributed by atoms with E-state index in [4.69, 9.17) is 11.6 Å². The molecule has 0 amide bonds. The molecule has 0 unspecified atom stereocenters. The number of thioether (sulfide) groups is 1. The Balaban J connectivity index is 2.17. The van der Waals surface area contributed by atoms with Gasteiger partial charge < -0.3 is 0 Å². The predicted molar refractivity (Wildman–Crippen MR) is 104 cm³/mol. The Labute approximate surface area is 155 Å². The summed E-state index contributed by atoms with van der Waals surface area (Å²) in [6.45, 7) is 0. The molecule has 0 fully saturated rings. The minimum absolute atomic E-state index is 0.0896. The van der Waals surface area contributed by atoms with E-state index in [9.17, 15) is 10.1 Å². The highest BCUT2D eigenvalue weighted by molar-refractivity contribution is 8.08. The van der Waals surface area contributed by atoms with Gasteiger partial charge in [-0.05, 0) is 42.0 Å². The SMILES string of the molecule is O=[N+]([O-])C(=C(Sc1ccc(Cl)cc1)c1ccccc1)c1ccccc1. The Kier molecular flexibility index (Phi) is 5.53. The van der Waals surface area contributed by atoms with Crippen molar-refractivity contribution >= 4 is 34.0 Å². The predicted octanol–water partition coefficient (Wildman–Crippen LogP) is 6.23. The molecule has 0 aromatic heterocycles. The van der Waals surface area contributed by atoms with Crippen LogP contribution >= 0.6 is 23.4 Å². The van der Waals surface area contributed by atoms with Crippen LogP contribution in [0.5, 0.6) is 0 Å². The van der Waals surface area contributed by atoms with Crippen molar-refractivity contribution in [2.45, 2.75) is 4.90 Å². The number of nitro groups is 1. The van der Waals surface area contributed by atoms with Gasteiger partial charge in [-0.3, -0.25) is 10.1 Å². The van der Waals surface area contributed by atoms with Gasteiger partial charge in [0.1, 0.15) is 0 Å². The zero-order chi connectivity index (χ0) is 17.6. The van der Waals surface area contributed by atoms with E-state index in [1.165, 1.54) is 11.8 Å². The molecule has 0 spiro atoms. The Morgan fingerprint density at radius 1 is 0.800 bits per heavy atom. The summed E-state index contributed by atoms with van der Waals surface area (Å²) >= 11 is 7.31. The first kappa shape index (κ1) is 17.3. The molecule has 0 N–H and O–H groups in total. The molecule has 0 aliphatic carbocycles. The molecule has 0 aliphatic heterocycles. The third kappa shape index (κ3) is 4.29. The van der Waals surface area contributed by atoms with E-state index in [1.54, 1.807) is 36.4 Å². The molecule has 5 heteroatoms. The van der Waals surface area contributed by atoms with E-state index >= 15 is 0 Å². The van der Waals surface area contributed by atoms with Gasteiger partial charge in [0, 0.05) is 9.92 Å². The molecule has 0 heterocycles. The quantitative estimate of drug-likeness (QED) is 0.232. The maximum atomic E-state index is 11.9. The molecule has 0 radical (unpaired) electrons. The smallest absolute Gasteiger partial charge is 0.258 e. The zero-order valence-electron chi connectivity index (χ0n) is 13.1. The van der Waals surface area contributed by atoms with Crippen molar-refractivity contribution in [2.24, 2.45) is 0 Å². The van der Waals surface area contributed by atoms with Crippen molar-refractivity contribution in [3.05, 3.63) is 111 Å². The number of hydrogen-bond acceptors (Lipinski definition) is 3. The summed E-state index contributed by atoms with van der Waals surface area (Å²) in [5.41, 5.74) is 1.47. The van der Waals surface area contributed by atoms with Gasteiger partial charge in [0.2, 0.25) is 0 Å². The van der Waals surface area contributed by atoms with E-state index in [2.05, 4.69) is 0 Å². The molecule has 0 aliphatic rings. The van der Waals surface area contributed by atoms with Gasteiger partial charge in [-0.2, -0.15) is 0 Å². The van der Waals surface area contributed by atoms with E-state index in [-0.39, 0.29) is 10.6 Å². The Morgan fingerprint density at radius 3 is 1.84 bits per heavy atom. The summed E-state index contributed by atoms with van der Waals surface area (Å²) < 4.78 is 0. The second-order valence-electron chi connectivity index (χ2n) is 5.22. The fourth-order valence-electron chi connectivity index (χ4n) is 2.37. The van der Waals surface area contributed by atoms with Gasteiger partial charge in [0.15, 0.2) is 0 Å². The molecule has 0 bridgehead atoms. The molecule has 3 aromatic rings. The molecule has 3 rings (SSSR count). The average molecular weight is 368 g/mol. The molecular formula is C20H14ClNO2S. The topological polar surface area (TPSA) is 43.1 Å². The van der Waals surface area contributed by atoms with Crippen LogP contribution in [0.4, 0.5) is 0 Å². The first-order valence-corrected chi connectivity index (χ1v) is 8.77. The first-order valence-electron chi connectivity index (χ1n) is 7.58. The first-order chi connectivity index (χ1) is 12.1. The van der Waals surface area contributed by atoms with E-state index in [0.29, 0.717) is 15.5 Å². The van der Waals surface area contributed by atoms with Gasteiger partial charge in [0.25, 0.3) is 5.70 Å². The number of benzene rings is 3. The van der Waals surface area contributed by atoms with Gasteiger partial charge in [-0.15, -0.1) is 0 Å². The van der Waals surface area contributed by atoms with Crippen LogP contribution in [0.1, 0.15) is 11.1 Å². The summed E-state index contributed by atoms with van der Waals surface area (Å²) in [6.07, 6.45) is 0. The Hall–Kier alpha value is -2.56. The highest BCUT2D eigenvalue weighted by atomic mass is 35.5. The summed E-state index contributed by atoms with van der Waals surface area (Å²) in [6, 6.07) is 25.6. The average Bonchev–Trinajstić information content (AvgIpc) is 2.64. The van der Waals surface area contributed by atoms with E-state index in [1.807, 2.05) is 48.5 Å². The highest BCUT2D eigenvalue weighted by Crippen LogP contribution is 2.40. The molecule has 3 aromatic carbocycles. The van der Waals surface area contributed by atoms with E-state index in [0.717, 1.165) is 10.5 Å². The minimum atomic E-state index is -0.319. The van der Waals surface area contributed by atoms with Gasteiger partial charge in [-0.25, -0.2) is 0 Å². The molecule has 0 saturated carbocycles. The Bertz CT molecular complexity index is 894. The number of rotatable bonds is 5. The monoisotopic (exact) mass is 367 g/mol. The van der Waals surface area contributed by atoms with Crippen LogP contribution in [0.15, 0.2) is 89.8 Å². The largest absolute Gasteiger partial charge is 0.290 e. The van der Waals surface area contributed by atoms with Crippen molar-refractivity contribution < 1.29 is 4.92 Å². The summed E-state index contributed by atoms with van der Waals surface area (Å²) in [5.74, 6) is 0. The zero-order valence-corrected chi connectivity index (χ0v) is 14.7. The summed E-state index contributed by atoms with van der Waals surface area (Å²) in [7, 11) is 0. The standard InChI is InChI=1S/C20H14ClNO2S/c21-17-11-13-18(14-12-17)25-20(16-9-5-2-6-10-16)19(22(23)24)15-7-3-1-4-8-15/h1-14H. The van der Waals surface area contributed by atoms with E-state index < -0.39 is 0 Å². The van der Waals surface area contributed by atoms with Crippen LogP contribution < -0.4 is 0 Å². The lowest BCUT2D eigenvalue weighted by molar-refractivity contribution is -0.374. The highest BCUT2D eigenvalue weighted by Gasteiger charge is 2.23. The molecule has 3 nitrogen and oxygen atoms in total. The van der Waals surface area contributed by atoms with Gasteiger partial charge in [0.05, 0.1) is 15.4 Å². The fraction of sp³-hybridized carbons (Fsp3) is 0. The molecule has 0 saturated heterocycles. The molecule has 0 atom stereocenters. The van der Waals surface area contributed by atoms with Crippen molar-refractivity contribution in [3.8, 4) is 0 Å². The molecular weight excluding hydrogens is 354 g/mol. The number of halogens is 1. The van der Waals surface area contributed by atoms with Crippen molar-refractivity contribution in [2.75, 3.05) is 0 Å². The summed E-state index contributed by atoms with van der Waals surface area (Å²) in [5, 5.41) is 12.5. The van der Waals surface area contributed by atoms with Crippen LogP contribution in [-0.4, -0.2) is 4.92 Å². The lowest BCUT2D eigenvalue weighted by atomic mass is 10.1. The van der Waals surface area contributed by atoms with Crippen LogP contribution in [-0.2, 0) is 0 Å². The normalized spacial score (nSPS) is 11.7. The third-order valence-corrected chi connectivity index (χ3v) is 4.91. The third-order valence-electron chi connectivity index (χ3n) is 3.51. The van der Waals surface area contributed by atoms with Crippen molar-refractivity contribution in [1.82, 2.24) is 0 Å². The fourth-order valence-corrected chi connectivity index (χ4v) is 3.55. The van der Waals surface area contributed by atoms with Gasteiger partial charge >= 0.3 is 0 Å². The minimum Gasteiger partial charge on any atom is -0.258 e. The lowest BCUT2D eigenvalue weighted by Gasteiger charge is -2.10. The number of hydrogen-bond donors (Lipinski definition) is 0. The Morgan fingerprint density at radius 2 is 1.32 bits per heavy atom. The van der Waals surface area contributed by atoms with Crippen LogP contribution in [0, 0.1) is 10.1 Å². The van der Waals surface area contributed by atoms with Crippen molar-refractivity contribution in [3.63, 3.8) is 0 Å². The maximum Gasteiger partial charge on any atom is 0.290 e. The lowest BCUT2D eigenvalue weighted by Crippen LogP contribution is -2.01. The molecule has 124 valence electrons. The van der Waals surface area contributed by atoms with Crippen LogP contribution in [0.2, 0.25) is 5.02 Å². The van der Waals surface area contributed by atoms with Crippen LogP contribution in [0.25, 0.3) is 10.6 Å². The second kappa shape index (κ2) is 8.01. The summed E-state index contributed by atoms with van der Waals surface area (Å²) in [4.78, 5) is 13.0. The van der Waals surface area contributed by atoms with Gasteiger partial charge in [-0.1, -0.05) is 71.9 Å². The second-order valence-corrected chi connectivity index (χ2v) is 6.74. The maximum absolute atomic E-state index is 11.9. The van der Waals surface area contributed by atoms with Crippen molar-refractivity contribution in [1.29, 1.82) is 0 Å².